The molecule has 8 nitrogen and oxygen atoms in total. The van der Waals surface area contributed by atoms with E-state index in [-0.39, 0.29) is 24.2 Å². The van der Waals surface area contributed by atoms with Crippen LogP contribution in [0.5, 0.6) is 0 Å². The van der Waals surface area contributed by atoms with E-state index in [0.717, 1.165) is 43.3 Å². The van der Waals surface area contributed by atoms with E-state index < -0.39 is 23.8 Å². The number of hydrogen-bond acceptors (Lipinski definition) is 8. The molecule has 1 aliphatic carbocycles. The SMILES string of the molecule is Cc1cc(C(F)(F)F)nc(-c2ccnc3cc(CN4C(=O)C5(CC5)N(C)C4O)sc23)c1NC1CCNC1. The van der Waals surface area contributed by atoms with Gasteiger partial charge >= 0.3 is 6.18 Å². The standard InChI is InChI=1S/C25H27F3N6O2S/c1-13-9-18(25(26,27)28)32-20(19(13)31-14-3-7-29-11-14)16-4-8-30-17-10-15(37-21(16)17)12-34-22(35)24(5-6-24)33(2)23(34)36/h4,8-10,14,23,29,31,36H,3,5-7,11-12H2,1-2H3. The van der Waals surface area contributed by atoms with Crippen molar-refractivity contribution < 1.29 is 23.1 Å². The zero-order valence-corrected chi connectivity index (χ0v) is 21.2. The molecule has 1 amide bonds. The number of amides is 1. The lowest BCUT2D eigenvalue weighted by molar-refractivity contribution is -0.141. The van der Waals surface area contributed by atoms with Crippen LogP contribution in [0.1, 0.15) is 35.4 Å². The number of thiophene rings is 1. The average molecular weight is 533 g/mol. The van der Waals surface area contributed by atoms with Crippen LogP contribution < -0.4 is 10.6 Å². The number of likely N-dealkylation sites (N-methyl/N-ethyl adjacent to an activating group) is 1. The van der Waals surface area contributed by atoms with Crippen molar-refractivity contribution in [2.75, 3.05) is 25.5 Å². The first kappa shape index (κ1) is 24.5. The van der Waals surface area contributed by atoms with Crippen molar-refractivity contribution in [1.82, 2.24) is 25.1 Å². The van der Waals surface area contributed by atoms with Crippen molar-refractivity contribution in [3.8, 4) is 11.3 Å². The minimum absolute atomic E-state index is 0.0848. The molecule has 3 aromatic rings. The van der Waals surface area contributed by atoms with E-state index in [0.29, 0.717) is 27.0 Å². The van der Waals surface area contributed by atoms with Crippen LogP contribution in [0.4, 0.5) is 18.9 Å². The molecule has 1 saturated carbocycles. The summed E-state index contributed by atoms with van der Waals surface area (Å²) in [5, 5.41) is 17.4. The van der Waals surface area contributed by atoms with E-state index in [1.807, 2.05) is 6.07 Å². The molecule has 2 saturated heterocycles. The molecule has 1 spiro atoms. The minimum Gasteiger partial charge on any atom is -0.379 e. The Bertz CT molecular complexity index is 1380. The lowest BCUT2D eigenvalue weighted by Gasteiger charge is -2.22. The topological polar surface area (TPSA) is 93.6 Å². The number of nitrogens with zero attached hydrogens (tertiary/aromatic N) is 4. The van der Waals surface area contributed by atoms with Crippen molar-refractivity contribution in [2.45, 2.75) is 56.8 Å². The Balaban J connectivity index is 1.41. The third kappa shape index (κ3) is 4.06. The van der Waals surface area contributed by atoms with Crippen molar-refractivity contribution in [1.29, 1.82) is 0 Å². The van der Waals surface area contributed by atoms with Gasteiger partial charge in [0.05, 0.1) is 28.1 Å². The number of anilines is 1. The number of nitrogens with one attached hydrogen (secondary N) is 2. The lowest BCUT2D eigenvalue weighted by atomic mass is 10.0. The Hall–Kier alpha value is -2.80. The molecule has 3 aromatic heterocycles. The van der Waals surface area contributed by atoms with Crippen LogP contribution in [0.25, 0.3) is 21.5 Å². The van der Waals surface area contributed by atoms with Crippen LogP contribution >= 0.6 is 11.3 Å². The fourth-order valence-corrected chi connectivity index (χ4v) is 6.52. The number of hydrogen-bond donors (Lipinski definition) is 3. The van der Waals surface area contributed by atoms with Crippen LogP contribution in [0, 0.1) is 6.92 Å². The highest BCUT2D eigenvalue weighted by molar-refractivity contribution is 7.19. The van der Waals surface area contributed by atoms with E-state index in [2.05, 4.69) is 20.6 Å². The van der Waals surface area contributed by atoms with Gasteiger partial charge in [0, 0.05) is 29.2 Å². The highest BCUT2D eigenvalue weighted by Gasteiger charge is 2.63. The summed E-state index contributed by atoms with van der Waals surface area (Å²) >= 11 is 1.35. The summed E-state index contributed by atoms with van der Waals surface area (Å²) < 4.78 is 41.9. The van der Waals surface area contributed by atoms with Crippen molar-refractivity contribution >= 4 is 33.1 Å². The predicted octanol–water partition coefficient (Wildman–Crippen LogP) is 3.54. The molecule has 6 rings (SSSR count). The quantitative estimate of drug-likeness (QED) is 0.463. The molecule has 5 heterocycles. The normalized spacial score (nSPS) is 23.5. The van der Waals surface area contributed by atoms with Gasteiger partial charge in [-0.2, -0.15) is 13.2 Å². The number of halogens is 3. The Kier molecular flexibility index (Phi) is 5.71. The van der Waals surface area contributed by atoms with Gasteiger partial charge in [-0.3, -0.25) is 14.7 Å². The minimum atomic E-state index is -4.59. The van der Waals surface area contributed by atoms with E-state index in [9.17, 15) is 23.1 Å². The summed E-state index contributed by atoms with van der Waals surface area (Å²) in [7, 11) is 1.75. The van der Waals surface area contributed by atoms with E-state index in [4.69, 9.17) is 0 Å². The summed E-state index contributed by atoms with van der Waals surface area (Å²) in [4.78, 5) is 25.5. The van der Waals surface area contributed by atoms with Crippen molar-refractivity contribution in [3.63, 3.8) is 0 Å². The number of carbonyl (C=O) groups excluding carboxylic acids is 1. The number of aliphatic hydroxyl groups excluding tert-OH is 1. The summed E-state index contributed by atoms with van der Waals surface area (Å²) in [6.45, 7) is 3.41. The Morgan fingerprint density at radius 3 is 2.76 bits per heavy atom. The lowest BCUT2D eigenvalue weighted by Crippen LogP contribution is -2.38. The number of aliphatic hydroxyl groups is 1. The molecule has 2 aliphatic heterocycles. The van der Waals surface area contributed by atoms with Gasteiger partial charge in [-0.1, -0.05) is 0 Å². The molecule has 0 radical (unpaired) electrons. The fraction of sp³-hybridized carbons (Fsp3) is 0.480. The number of aromatic nitrogens is 2. The third-order valence-corrected chi connectivity index (χ3v) is 8.79. The third-order valence-electron chi connectivity index (χ3n) is 7.64. The highest BCUT2D eigenvalue weighted by atomic mass is 32.1. The highest BCUT2D eigenvalue weighted by Crippen LogP contribution is 2.49. The second-order valence-electron chi connectivity index (χ2n) is 10.1. The van der Waals surface area contributed by atoms with Gasteiger partial charge in [0.15, 0.2) is 6.35 Å². The predicted molar refractivity (Wildman–Crippen MR) is 134 cm³/mol. The number of alkyl halides is 3. The first-order valence-electron chi connectivity index (χ1n) is 12.2. The van der Waals surface area contributed by atoms with Gasteiger partial charge in [0.25, 0.3) is 0 Å². The zero-order valence-electron chi connectivity index (χ0n) is 20.4. The Morgan fingerprint density at radius 2 is 2.11 bits per heavy atom. The number of aryl methyl sites for hydroxylation is 1. The van der Waals surface area contributed by atoms with Crippen molar-refractivity contribution in [3.05, 3.63) is 40.5 Å². The molecule has 0 aromatic carbocycles. The van der Waals surface area contributed by atoms with Crippen LogP contribution in [-0.2, 0) is 17.5 Å². The van der Waals surface area contributed by atoms with E-state index >= 15 is 0 Å². The largest absolute Gasteiger partial charge is 0.433 e. The maximum absolute atomic E-state index is 13.8. The molecule has 196 valence electrons. The summed E-state index contributed by atoms with van der Waals surface area (Å²) in [5.74, 6) is -0.0973. The van der Waals surface area contributed by atoms with Gasteiger partial charge in [0.1, 0.15) is 11.2 Å². The Morgan fingerprint density at radius 1 is 1.32 bits per heavy atom. The molecule has 2 atom stereocenters. The second-order valence-corrected chi connectivity index (χ2v) is 11.2. The van der Waals surface area contributed by atoms with Gasteiger partial charge in [-0.15, -0.1) is 11.3 Å². The van der Waals surface area contributed by atoms with Gasteiger partial charge in [-0.05, 0) is 63.5 Å². The molecule has 3 N–H and O–H groups in total. The zero-order chi connectivity index (χ0) is 26.1. The molecular formula is C25H27F3N6O2S. The number of pyridine rings is 2. The van der Waals surface area contributed by atoms with Crippen LogP contribution in [0.2, 0.25) is 0 Å². The molecule has 0 bridgehead atoms. The fourth-order valence-electron chi connectivity index (χ4n) is 5.39. The number of fused-ring (bicyclic) bond motifs is 1. The Labute approximate surface area is 215 Å². The molecule has 2 unspecified atom stereocenters. The van der Waals surface area contributed by atoms with Crippen molar-refractivity contribution in [2.24, 2.45) is 0 Å². The summed E-state index contributed by atoms with van der Waals surface area (Å²) in [5.41, 5.74) is 0.885. The first-order valence-corrected chi connectivity index (χ1v) is 13.1. The van der Waals surface area contributed by atoms with Gasteiger partial charge in [0.2, 0.25) is 5.91 Å². The molecule has 3 aliphatic rings. The van der Waals surface area contributed by atoms with Crippen LogP contribution in [-0.4, -0.2) is 68.9 Å². The smallest absolute Gasteiger partial charge is 0.379 e. The molecule has 3 fully saturated rings. The number of carbonyl (C=O) groups is 1. The molecule has 37 heavy (non-hydrogen) atoms. The van der Waals surface area contributed by atoms with Crippen LogP contribution in [0.3, 0.4) is 0 Å². The maximum Gasteiger partial charge on any atom is 0.433 e. The summed E-state index contributed by atoms with van der Waals surface area (Å²) in [6, 6.07) is 4.68. The van der Waals surface area contributed by atoms with E-state index in [1.54, 1.807) is 31.1 Å². The molecule has 12 heteroatoms. The van der Waals surface area contributed by atoms with Gasteiger partial charge in [-0.25, -0.2) is 9.88 Å². The summed E-state index contributed by atoms with van der Waals surface area (Å²) in [6.07, 6.45) is -1.74. The van der Waals surface area contributed by atoms with E-state index in [1.165, 1.54) is 16.2 Å². The second kappa shape index (κ2) is 8.62. The maximum atomic E-state index is 13.8. The number of rotatable bonds is 5. The van der Waals surface area contributed by atoms with Crippen LogP contribution in [0.15, 0.2) is 24.4 Å². The van der Waals surface area contributed by atoms with Gasteiger partial charge < -0.3 is 15.7 Å². The first-order chi connectivity index (χ1) is 17.6. The average Bonchev–Trinajstić information content (AvgIpc) is 3.23. The molecular weight excluding hydrogens is 505 g/mol. The monoisotopic (exact) mass is 532 g/mol.